The van der Waals surface area contributed by atoms with Crippen LogP contribution in [-0.2, 0) is 0 Å². The highest BCUT2D eigenvalue weighted by molar-refractivity contribution is 6.30. The molecule has 0 aromatic heterocycles. The van der Waals surface area contributed by atoms with Crippen molar-refractivity contribution >= 4 is 11.6 Å². The van der Waals surface area contributed by atoms with Gasteiger partial charge < -0.3 is 5.11 Å². The number of hydrogen-bond acceptors (Lipinski definition) is 1. The third kappa shape index (κ3) is 3.07. The summed E-state index contributed by atoms with van der Waals surface area (Å²) in [5.74, 6) is 1.28. The Balaban J connectivity index is 2.07. The second kappa shape index (κ2) is 6.08. The van der Waals surface area contributed by atoms with E-state index < -0.39 is 0 Å². The van der Waals surface area contributed by atoms with Crippen molar-refractivity contribution in [3.8, 4) is 0 Å². The Kier molecular flexibility index (Phi) is 4.69. The van der Waals surface area contributed by atoms with Crippen LogP contribution in [0.2, 0.25) is 5.02 Å². The largest absolute Gasteiger partial charge is 0.388 e. The first-order valence-electron chi connectivity index (χ1n) is 7.06. The Bertz CT molecular complexity index is 394. The molecule has 1 fully saturated rings. The number of aliphatic hydroxyl groups is 1. The Morgan fingerprint density at radius 2 is 1.94 bits per heavy atom. The number of rotatable bonds is 3. The van der Waals surface area contributed by atoms with Gasteiger partial charge in [0.2, 0.25) is 0 Å². The van der Waals surface area contributed by atoms with E-state index in [-0.39, 0.29) is 6.10 Å². The van der Waals surface area contributed by atoms with Crippen LogP contribution in [0.15, 0.2) is 18.2 Å². The molecule has 1 aliphatic rings. The lowest BCUT2D eigenvalue weighted by Gasteiger charge is -2.31. The Hall–Kier alpha value is -0.530. The fourth-order valence-electron chi connectivity index (χ4n) is 3.10. The highest BCUT2D eigenvalue weighted by Gasteiger charge is 2.27. The van der Waals surface area contributed by atoms with Gasteiger partial charge in [-0.05, 0) is 54.9 Å². The third-order valence-corrected chi connectivity index (χ3v) is 4.71. The molecule has 0 spiro atoms. The Morgan fingerprint density at radius 1 is 1.28 bits per heavy atom. The van der Waals surface area contributed by atoms with Crippen molar-refractivity contribution < 1.29 is 5.11 Å². The molecule has 100 valence electrons. The van der Waals surface area contributed by atoms with Crippen LogP contribution in [0.25, 0.3) is 0 Å². The summed E-state index contributed by atoms with van der Waals surface area (Å²) in [7, 11) is 0. The van der Waals surface area contributed by atoms with Crippen LogP contribution in [0.5, 0.6) is 0 Å². The highest BCUT2D eigenvalue weighted by atomic mass is 35.5. The number of halogens is 1. The summed E-state index contributed by atoms with van der Waals surface area (Å²) in [6.07, 6.45) is 5.74. The van der Waals surface area contributed by atoms with Gasteiger partial charge in [-0.1, -0.05) is 43.9 Å². The molecular weight excluding hydrogens is 244 g/mol. The molecule has 1 aromatic rings. The molecule has 0 aliphatic heterocycles. The van der Waals surface area contributed by atoms with Crippen LogP contribution in [-0.4, -0.2) is 5.11 Å². The van der Waals surface area contributed by atoms with Gasteiger partial charge in [0.15, 0.2) is 0 Å². The fraction of sp³-hybridized carbons (Fsp3) is 0.625. The molecule has 18 heavy (non-hydrogen) atoms. The quantitative estimate of drug-likeness (QED) is 0.825. The maximum Gasteiger partial charge on any atom is 0.0821 e. The van der Waals surface area contributed by atoms with Gasteiger partial charge in [-0.15, -0.1) is 0 Å². The monoisotopic (exact) mass is 266 g/mol. The van der Waals surface area contributed by atoms with Crippen molar-refractivity contribution in [3.63, 3.8) is 0 Å². The van der Waals surface area contributed by atoms with Crippen molar-refractivity contribution in [3.05, 3.63) is 34.3 Å². The first-order valence-corrected chi connectivity index (χ1v) is 7.43. The summed E-state index contributed by atoms with van der Waals surface area (Å²) in [5, 5.41) is 11.3. The molecule has 1 N–H and O–H groups in total. The van der Waals surface area contributed by atoms with Crippen LogP contribution >= 0.6 is 11.6 Å². The van der Waals surface area contributed by atoms with Crippen molar-refractivity contribution in [1.82, 2.24) is 0 Å². The number of benzene rings is 1. The average molecular weight is 267 g/mol. The van der Waals surface area contributed by atoms with Crippen molar-refractivity contribution in [2.24, 2.45) is 11.8 Å². The van der Waals surface area contributed by atoms with E-state index in [1.54, 1.807) is 0 Å². The molecule has 1 aromatic carbocycles. The summed E-state index contributed by atoms with van der Waals surface area (Å²) in [6.45, 7) is 4.31. The van der Waals surface area contributed by atoms with Gasteiger partial charge in [-0.2, -0.15) is 0 Å². The molecule has 1 aliphatic carbocycles. The zero-order chi connectivity index (χ0) is 13.1. The first kappa shape index (κ1) is 13.9. The molecule has 1 saturated carbocycles. The Labute approximate surface area is 115 Å². The predicted octanol–water partition coefficient (Wildman–Crippen LogP) is 4.90. The summed E-state index contributed by atoms with van der Waals surface area (Å²) < 4.78 is 0. The second-order valence-electron chi connectivity index (χ2n) is 5.63. The first-order chi connectivity index (χ1) is 8.61. The number of aliphatic hydroxyl groups excluding tert-OH is 1. The van der Waals surface area contributed by atoms with Crippen LogP contribution in [0.3, 0.4) is 0 Å². The van der Waals surface area contributed by atoms with E-state index in [0.29, 0.717) is 5.92 Å². The van der Waals surface area contributed by atoms with E-state index in [1.807, 2.05) is 25.1 Å². The number of hydrogen-bond donors (Lipinski definition) is 1. The molecule has 0 amide bonds. The van der Waals surface area contributed by atoms with E-state index in [9.17, 15) is 5.11 Å². The van der Waals surface area contributed by atoms with Crippen molar-refractivity contribution in [2.75, 3.05) is 0 Å². The molecule has 2 rings (SSSR count). The molecule has 2 heteroatoms. The van der Waals surface area contributed by atoms with Gasteiger partial charge in [0.1, 0.15) is 0 Å². The van der Waals surface area contributed by atoms with Crippen LogP contribution in [0.4, 0.5) is 0 Å². The average Bonchev–Trinajstić information content (AvgIpc) is 2.41. The predicted molar refractivity (Wildman–Crippen MR) is 76.9 cm³/mol. The van der Waals surface area contributed by atoms with Gasteiger partial charge in [0.25, 0.3) is 0 Å². The molecule has 1 nitrogen and oxygen atoms in total. The van der Waals surface area contributed by atoms with Gasteiger partial charge in [0, 0.05) is 5.02 Å². The number of aryl methyl sites for hydroxylation is 1. The van der Waals surface area contributed by atoms with Gasteiger partial charge in [0.05, 0.1) is 6.10 Å². The molecule has 0 bridgehead atoms. The van der Waals surface area contributed by atoms with Gasteiger partial charge in [-0.25, -0.2) is 0 Å². The minimum atomic E-state index is -0.346. The van der Waals surface area contributed by atoms with E-state index in [0.717, 1.165) is 34.9 Å². The summed E-state index contributed by atoms with van der Waals surface area (Å²) >= 11 is 6.03. The fourth-order valence-corrected chi connectivity index (χ4v) is 3.28. The third-order valence-electron chi connectivity index (χ3n) is 4.48. The normalized spacial score (nSPS) is 26.0. The lowest BCUT2D eigenvalue weighted by atomic mass is 9.76. The molecular formula is C16H23ClO. The molecule has 1 unspecified atom stereocenters. The van der Waals surface area contributed by atoms with Crippen LogP contribution in [0, 0.1) is 18.8 Å². The summed E-state index contributed by atoms with van der Waals surface area (Å²) in [5.41, 5.74) is 2.16. The van der Waals surface area contributed by atoms with Gasteiger partial charge in [-0.3, -0.25) is 0 Å². The zero-order valence-corrected chi connectivity index (χ0v) is 12.1. The highest BCUT2D eigenvalue weighted by Crippen LogP contribution is 2.39. The zero-order valence-electron chi connectivity index (χ0n) is 11.3. The molecule has 0 radical (unpaired) electrons. The Morgan fingerprint density at radius 3 is 2.56 bits per heavy atom. The summed E-state index contributed by atoms with van der Waals surface area (Å²) in [4.78, 5) is 0. The van der Waals surface area contributed by atoms with E-state index >= 15 is 0 Å². The topological polar surface area (TPSA) is 20.2 Å². The van der Waals surface area contributed by atoms with E-state index in [2.05, 4.69) is 6.92 Å². The van der Waals surface area contributed by atoms with Crippen LogP contribution < -0.4 is 0 Å². The maximum absolute atomic E-state index is 10.6. The van der Waals surface area contributed by atoms with Gasteiger partial charge >= 0.3 is 0 Å². The minimum absolute atomic E-state index is 0.346. The minimum Gasteiger partial charge on any atom is -0.388 e. The standard InChI is InChI=1S/C16H23ClO/c1-3-12-5-7-13(8-6-12)16(18)15-10-14(17)9-4-11(15)2/h4,9-10,12-13,16,18H,3,5-8H2,1-2H3. The van der Waals surface area contributed by atoms with E-state index in [1.165, 1.54) is 19.3 Å². The van der Waals surface area contributed by atoms with Crippen molar-refractivity contribution in [1.29, 1.82) is 0 Å². The van der Waals surface area contributed by atoms with Crippen molar-refractivity contribution in [2.45, 2.75) is 52.1 Å². The van der Waals surface area contributed by atoms with Crippen LogP contribution in [0.1, 0.15) is 56.3 Å². The molecule has 0 heterocycles. The summed E-state index contributed by atoms with van der Waals surface area (Å²) in [6, 6.07) is 5.81. The lowest BCUT2D eigenvalue weighted by molar-refractivity contribution is 0.0725. The molecule has 1 atom stereocenters. The lowest BCUT2D eigenvalue weighted by Crippen LogP contribution is -2.20. The SMILES string of the molecule is CCC1CCC(C(O)c2cc(Cl)ccc2C)CC1. The maximum atomic E-state index is 10.6. The smallest absolute Gasteiger partial charge is 0.0821 e. The second-order valence-corrected chi connectivity index (χ2v) is 6.07. The molecule has 0 saturated heterocycles. The van der Waals surface area contributed by atoms with E-state index in [4.69, 9.17) is 11.6 Å².